The van der Waals surface area contributed by atoms with Crippen molar-refractivity contribution in [3.8, 4) is 0 Å². The zero-order chi connectivity index (χ0) is 14.8. The van der Waals surface area contributed by atoms with Crippen molar-refractivity contribution >= 4 is 28.3 Å². The van der Waals surface area contributed by atoms with Crippen molar-refractivity contribution in [2.75, 3.05) is 0 Å². The molecule has 3 N–H and O–H groups in total. The second-order valence-corrected chi connectivity index (χ2v) is 4.50. The summed E-state index contributed by atoms with van der Waals surface area (Å²) in [5.74, 6) is -1.43. The molecule has 3 aromatic rings. The van der Waals surface area contributed by atoms with Gasteiger partial charge in [0.05, 0.1) is 11.0 Å². The van der Waals surface area contributed by atoms with Crippen LogP contribution in [0.2, 0.25) is 0 Å². The molecule has 21 heavy (non-hydrogen) atoms. The molecule has 0 saturated heterocycles. The van der Waals surface area contributed by atoms with Crippen LogP contribution in [0.5, 0.6) is 0 Å². The van der Waals surface area contributed by atoms with Crippen LogP contribution in [-0.2, 0) is 4.79 Å². The molecule has 1 heterocycles. The fourth-order valence-corrected chi connectivity index (χ4v) is 2.13. The van der Waals surface area contributed by atoms with E-state index in [2.05, 4.69) is 9.97 Å². The number of hydrogen-bond donors (Lipinski definition) is 3. The van der Waals surface area contributed by atoms with Gasteiger partial charge in [0.2, 0.25) is 0 Å². The van der Waals surface area contributed by atoms with Crippen LogP contribution >= 0.6 is 0 Å². The SMILES string of the molecule is O=C(O)/C(=C(/O)c1ccccc1)c1nc2ccccc2[nH]1. The number of nitrogens with zero attached hydrogens (tertiary/aromatic N) is 1. The third kappa shape index (κ3) is 2.36. The second kappa shape index (κ2) is 5.13. The summed E-state index contributed by atoms with van der Waals surface area (Å²) in [7, 11) is 0. The summed E-state index contributed by atoms with van der Waals surface area (Å²) in [4.78, 5) is 18.7. The first-order chi connectivity index (χ1) is 10.2. The van der Waals surface area contributed by atoms with Gasteiger partial charge in [-0.3, -0.25) is 0 Å². The number of hydrogen-bond acceptors (Lipinski definition) is 3. The molecule has 5 nitrogen and oxygen atoms in total. The molecule has 5 heteroatoms. The number of nitrogens with one attached hydrogen (secondary N) is 1. The Hall–Kier alpha value is -3.08. The smallest absolute Gasteiger partial charge is 0.343 e. The number of para-hydroxylation sites is 2. The maximum Gasteiger partial charge on any atom is 0.343 e. The Balaban J connectivity index is 2.20. The molecule has 104 valence electrons. The van der Waals surface area contributed by atoms with E-state index < -0.39 is 5.97 Å². The van der Waals surface area contributed by atoms with Gasteiger partial charge in [-0.1, -0.05) is 42.5 Å². The molecule has 0 aliphatic heterocycles. The highest BCUT2D eigenvalue weighted by Crippen LogP contribution is 2.24. The lowest BCUT2D eigenvalue weighted by Gasteiger charge is -2.04. The number of H-pyrrole nitrogens is 1. The maximum atomic E-state index is 11.5. The molecule has 0 radical (unpaired) electrons. The van der Waals surface area contributed by atoms with Gasteiger partial charge in [-0.25, -0.2) is 9.78 Å². The zero-order valence-corrected chi connectivity index (χ0v) is 10.9. The van der Waals surface area contributed by atoms with Crippen molar-refractivity contribution in [1.29, 1.82) is 0 Å². The maximum absolute atomic E-state index is 11.5. The van der Waals surface area contributed by atoms with Crippen LogP contribution in [0, 0.1) is 0 Å². The first kappa shape index (κ1) is 12.9. The number of fused-ring (bicyclic) bond motifs is 1. The van der Waals surface area contributed by atoms with Gasteiger partial charge in [-0.2, -0.15) is 0 Å². The largest absolute Gasteiger partial charge is 0.506 e. The molecule has 0 saturated carbocycles. The van der Waals surface area contributed by atoms with Crippen LogP contribution in [-0.4, -0.2) is 26.2 Å². The Morgan fingerprint density at radius 3 is 2.29 bits per heavy atom. The number of carboxylic acids is 1. The average Bonchev–Trinajstić information content (AvgIpc) is 2.91. The van der Waals surface area contributed by atoms with Crippen LogP contribution < -0.4 is 0 Å². The first-order valence-corrected chi connectivity index (χ1v) is 6.34. The van der Waals surface area contributed by atoms with E-state index in [9.17, 15) is 15.0 Å². The second-order valence-electron chi connectivity index (χ2n) is 4.50. The van der Waals surface area contributed by atoms with E-state index in [0.29, 0.717) is 16.6 Å². The van der Waals surface area contributed by atoms with Gasteiger partial charge in [0.1, 0.15) is 17.2 Å². The molecule has 0 aliphatic rings. The highest BCUT2D eigenvalue weighted by atomic mass is 16.4. The molecule has 0 amide bonds. The number of carbonyl (C=O) groups is 1. The number of aromatic nitrogens is 2. The van der Waals surface area contributed by atoms with E-state index in [1.165, 1.54) is 0 Å². The molecule has 3 rings (SSSR count). The molecule has 1 aromatic heterocycles. The number of imidazole rings is 1. The molecular weight excluding hydrogens is 268 g/mol. The number of aromatic amines is 1. The van der Waals surface area contributed by atoms with Crippen LogP contribution in [0.1, 0.15) is 11.4 Å². The Morgan fingerprint density at radius 1 is 0.952 bits per heavy atom. The average molecular weight is 280 g/mol. The zero-order valence-electron chi connectivity index (χ0n) is 10.9. The molecule has 0 unspecified atom stereocenters. The first-order valence-electron chi connectivity index (χ1n) is 6.34. The van der Waals surface area contributed by atoms with Crippen molar-refractivity contribution in [3.63, 3.8) is 0 Å². The van der Waals surface area contributed by atoms with Crippen LogP contribution in [0.4, 0.5) is 0 Å². The number of benzene rings is 2. The summed E-state index contributed by atoms with van der Waals surface area (Å²) in [5.41, 5.74) is 1.53. The molecule has 0 bridgehead atoms. The number of carboxylic acid groups (broad SMARTS) is 1. The fraction of sp³-hybridized carbons (Fsp3) is 0. The van der Waals surface area contributed by atoms with E-state index >= 15 is 0 Å². The number of aliphatic carboxylic acids is 1. The molecule has 0 fully saturated rings. The van der Waals surface area contributed by atoms with E-state index in [0.717, 1.165) is 0 Å². The lowest BCUT2D eigenvalue weighted by Crippen LogP contribution is -2.05. The van der Waals surface area contributed by atoms with Gasteiger partial charge < -0.3 is 15.2 Å². The van der Waals surface area contributed by atoms with Gasteiger partial charge in [-0.15, -0.1) is 0 Å². The summed E-state index contributed by atoms with van der Waals surface area (Å²) in [6, 6.07) is 15.7. The Morgan fingerprint density at radius 2 is 1.62 bits per heavy atom. The monoisotopic (exact) mass is 280 g/mol. The van der Waals surface area contributed by atoms with Crippen molar-refractivity contribution in [1.82, 2.24) is 9.97 Å². The van der Waals surface area contributed by atoms with E-state index in [1.54, 1.807) is 42.5 Å². The Kier molecular flexibility index (Phi) is 3.16. The van der Waals surface area contributed by atoms with Gasteiger partial charge in [0.25, 0.3) is 0 Å². The minimum absolute atomic E-state index is 0.130. The molecular formula is C16H12N2O3. The highest BCUT2D eigenvalue weighted by molar-refractivity contribution is 6.21. The summed E-state index contributed by atoms with van der Waals surface area (Å²) in [6.45, 7) is 0. The standard InChI is InChI=1S/C16H12N2O3/c19-14(10-6-2-1-3-7-10)13(16(20)21)15-17-11-8-4-5-9-12(11)18-15/h1-9,19H,(H,17,18)(H,20,21)/b14-13+. The highest BCUT2D eigenvalue weighted by Gasteiger charge is 2.21. The number of rotatable bonds is 3. The normalized spacial score (nSPS) is 12.2. The quantitative estimate of drug-likeness (QED) is 0.508. The van der Waals surface area contributed by atoms with Gasteiger partial charge in [0, 0.05) is 5.56 Å². The molecule has 0 aliphatic carbocycles. The van der Waals surface area contributed by atoms with Crippen molar-refractivity contribution in [2.45, 2.75) is 0 Å². The summed E-state index contributed by atoms with van der Waals surface area (Å²) in [5, 5.41) is 19.7. The Bertz CT molecular complexity index is 802. The third-order valence-corrected chi connectivity index (χ3v) is 3.12. The van der Waals surface area contributed by atoms with Crippen LogP contribution in [0.15, 0.2) is 54.6 Å². The fourth-order valence-electron chi connectivity index (χ4n) is 2.13. The molecule has 2 aromatic carbocycles. The summed E-state index contributed by atoms with van der Waals surface area (Å²) < 4.78 is 0. The summed E-state index contributed by atoms with van der Waals surface area (Å²) in [6.07, 6.45) is 0. The van der Waals surface area contributed by atoms with Crippen LogP contribution in [0.3, 0.4) is 0 Å². The van der Waals surface area contributed by atoms with Crippen molar-refractivity contribution in [3.05, 3.63) is 66.0 Å². The third-order valence-electron chi connectivity index (χ3n) is 3.12. The Labute approximate surface area is 120 Å². The summed E-state index contributed by atoms with van der Waals surface area (Å²) >= 11 is 0. The predicted molar refractivity (Wildman–Crippen MR) is 79.6 cm³/mol. The van der Waals surface area contributed by atoms with Crippen molar-refractivity contribution in [2.24, 2.45) is 0 Å². The van der Waals surface area contributed by atoms with Crippen molar-refractivity contribution < 1.29 is 15.0 Å². The minimum atomic E-state index is -1.24. The lowest BCUT2D eigenvalue weighted by atomic mass is 10.1. The number of aliphatic hydroxyl groups excluding tert-OH is 1. The molecule has 0 atom stereocenters. The predicted octanol–water partition coefficient (Wildman–Crippen LogP) is 3.07. The lowest BCUT2D eigenvalue weighted by molar-refractivity contribution is -0.130. The minimum Gasteiger partial charge on any atom is -0.506 e. The number of aliphatic hydroxyl groups is 1. The van der Waals surface area contributed by atoms with E-state index in [-0.39, 0.29) is 17.2 Å². The van der Waals surface area contributed by atoms with Gasteiger partial charge in [0.15, 0.2) is 0 Å². The topological polar surface area (TPSA) is 86.2 Å². The van der Waals surface area contributed by atoms with Crippen LogP contribution in [0.25, 0.3) is 22.4 Å². The molecule has 0 spiro atoms. The van der Waals surface area contributed by atoms with Gasteiger partial charge in [-0.05, 0) is 12.1 Å². The van der Waals surface area contributed by atoms with E-state index in [1.807, 2.05) is 12.1 Å². The van der Waals surface area contributed by atoms with E-state index in [4.69, 9.17) is 0 Å². The van der Waals surface area contributed by atoms with Gasteiger partial charge >= 0.3 is 5.97 Å².